The van der Waals surface area contributed by atoms with Gasteiger partial charge in [0, 0.05) is 43.6 Å². The van der Waals surface area contributed by atoms with E-state index in [0.717, 1.165) is 17.9 Å². The van der Waals surface area contributed by atoms with Gasteiger partial charge in [0.25, 0.3) is 0 Å². The summed E-state index contributed by atoms with van der Waals surface area (Å²) in [6.07, 6.45) is 4.36. The standard InChI is InChI=1S/C28H43N3O3/c1-9-10-11-12-15-29-21(6)20(5)27(22(29)7)24-13-14-25-26(16-24)30(28(33)34-18(2)3)17-19(4)31(25)23(8)32/h13-14,16,18-20,22,27H,6,9-12,15,17H2,1-5,7-8H3. The van der Waals surface area contributed by atoms with Gasteiger partial charge in [-0.1, -0.05) is 45.8 Å². The van der Waals surface area contributed by atoms with E-state index < -0.39 is 0 Å². The molecule has 2 heterocycles. The van der Waals surface area contributed by atoms with Crippen LogP contribution in [0.5, 0.6) is 0 Å². The van der Waals surface area contributed by atoms with Crippen LogP contribution in [0.4, 0.5) is 16.2 Å². The van der Waals surface area contributed by atoms with Crippen molar-refractivity contribution in [2.45, 2.75) is 98.3 Å². The van der Waals surface area contributed by atoms with Crippen molar-refractivity contribution in [3.05, 3.63) is 36.0 Å². The molecule has 1 fully saturated rings. The van der Waals surface area contributed by atoms with Gasteiger partial charge in [0.15, 0.2) is 0 Å². The van der Waals surface area contributed by atoms with Crippen molar-refractivity contribution in [2.24, 2.45) is 5.92 Å². The van der Waals surface area contributed by atoms with Crippen LogP contribution in [-0.2, 0) is 9.53 Å². The Kier molecular flexibility index (Phi) is 8.32. The fourth-order valence-corrected chi connectivity index (χ4v) is 5.73. The highest BCUT2D eigenvalue weighted by molar-refractivity contribution is 6.02. The van der Waals surface area contributed by atoms with Gasteiger partial charge in [-0.25, -0.2) is 4.79 Å². The molecule has 0 N–H and O–H groups in total. The molecule has 0 saturated carbocycles. The number of ether oxygens (including phenoxy) is 1. The second-order valence-corrected chi connectivity index (χ2v) is 10.3. The normalized spacial score (nSPS) is 24.6. The lowest BCUT2D eigenvalue weighted by Gasteiger charge is -2.41. The van der Waals surface area contributed by atoms with Crippen LogP contribution in [0.2, 0.25) is 0 Å². The molecular weight excluding hydrogens is 426 g/mol. The van der Waals surface area contributed by atoms with Gasteiger partial charge in [0.2, 0.25) is 5.91 Å². The first-order valence-electron chi connectivity index (χ1n) is 13.0. The van der Waals surface area contributed by atoms with Gasteiger partial charge in [-0.3, -0.25) is 9.69 Å². The highest BCUT2D eigenvalue weighted by atomic mass is 16.6. The molecule has 4 atom stereocenters. The molecule has 0 aliphatic carbocycles. The lowest BCUT2D eigenvalue weighted by Crippen LogP contribution is -2.51. The van der Waals surface area contributed by atoms with Crippen molar-refractivity contribution < 1.29 is 14.3 Å². The maximum absolute atomic E-state index is 13.0. The Morgan fingerprint density at radius 1 is 1.12 bits per heavy atom. The third-order valence-electron chi connectivity index (χ3n) is 7.42. The average molecular weight is 470 g/mol. The molecule has 34 heavy (non-hydrogen) atoms. The summed E-state index contributed by atoms with van der Waals surface area (Å²) in [4.78, 5) is 31.4. The zero-order chi connectivity index (χ0) is 25.2. The van der Waals surface area contributed by atoms with Crippen LogP contribution < -0.4 is 9.80 Å². The number of unbranched alkanes of at least 4 members (excludes halogenated alkanes) is 3. The Hall–Kier alpha value is -2.50. The zero-order valence-electron chi connectivity index (χ0n) is 22.1. The summed E-state index contributed by atoms with van der Waals surface area (Å²) in [5, 5.41) is 0. The summed E-state index contributed by atoms with van der Waals surface area (Å²) in [6.45, 7) is 19.9. The number of fused-ring (bicyclic) bond motifs is 1. The van der Waals surface area contributed by atoms with E-state index in [0.29, 0.717) is 18.5 Å². The maximum atomic E-state index is 13.0. The van der Waals surface area contributed by atoms with Gasteiger partial charge in [0.05, 0.1) is 23.5 Å². The van der Waals surface area contributed by atoms with Crippen molar-refractivity contribution >= 4 is 23.4 Å². The van der Waals surface area contributed by atoms with E-state index in [2.05, 4.69) is 44.4 Å². The zero-order valence-corrected chi connectivity index (χ0v) is 22.1. The Morgan fingerprint density at radius 2 is 1.82 bits per heavy atom. The third-order valence-corrected chi connectivity index (χ3v) is 7.42. The molecule has 2 amide bonds. The molecule has 4 unspecified atom stereocenters. The van der Waals surface area contributed by atoms with Crippen molar-refractivity contribution in [2.75, 3.05) is 22.9 Å². The third kappa shape index (κ3) is 5.11. The average Bonchev–Trinajstić information content (AvgIpc) is 2.97. The Bertz CT molecular complexity index is 912. The van der Waals surface area contributed by atoms with Crippen LogP contribution >= 0.6 is 0 Å². The second-order valence-electron chi connectivity index (χ2n) is 10.3. The molecule has 6 nitrogen and oxygen atoms in total. The number of benzene rings is 1. The number of allylic oxidation sites excluding steroid dienone is 1. The summed E-state index contributed by atoms with van der Waals surface area (Å²) in [5.41, 5.74) is 3.89. The SMILES string of the molecule is C=C1C(C)C(c2ccc3c(c2)N(C(=O)OC(C)C)CC(C)N3C(C)=O)C(C)N1CCCCCC. The first-order chi connectivity index (χ1) is 16.1. The molecule has 1 saturated heterocycles. The lowest BCUT2D eigenvalue weighted by atomic mass is 9.84. The minimum atomic E-state index is -0.363. The molecule has 1 aromatic rings. The first kappa shape index (κ1) is 26.1. The molecule has 0 radical (unpaired) electrons. The number of rotatable bonds is 7. The number of likely N-dealkylation sites (tertiary alicyclic amines) is 1. The van der Waals surface area contributed by atoms with Gasteiger partial charge in [-0.05, 0) is 51.8 Å². The van der Waals surface area contributed by atoms with Crippen LogP contribution in [-0.4, -0.2) is 48.2 Å². The number of amides is 2. The fourth-order valence-electron chi connectivity index (χ4n) is 5.73. The van der Waals surface area contributed by atoms with Crippen molar-refractivity contribution in [3.8, 4) is 0 Å². The highest BCUT2D eigenvalue weighted by Gasteiger charge is 2.41. The number of carbonyl (C=O) groups excluding carboxylic acids is 2. The summed E-state index contributed by atoms with van der Waals surface area (Å²) in [5.74, 6) is 0.561. The smallest absolute Gasteiger partial charge is 0.414 e. The number of nitrogens with zero attached hydrogens (tertiary/aromatic N) is 3. The Balaban J connectivity index is 1.96. The van der Waals surface area contributed by atoms with Crippen LogP contribution in [0, 0.1) is 5.92 Å². The molecule has 2 aliphatic rings. The molecule has 6 heteroatoms. The van der Waals surface area contributed by atoms with Crippen LogP contribution in [0.15, 0.2) is 30.5 Å². The first-order valence-corrected chi connectivity index (χ1v) is 13.0. The van der Waals surface area contributed by atoms with Crippen molar-refractivity contribution in [3.63, 3.8) is 0 Å². The van der Waals surface area contributed by atoms with Gasteiger partial charge in [-0.15, -0.1) is 0 Å². The predicted molar refractivity (Wildman–Crippen MR) is 139 cm³/mol. The second kappa shape index (κ2) is 10.8. The van der Waals surface area contributed by atoms with Gasteiger partial charge in [0.1, 0.15) is 0 Å². The topological polar surface area (TPSA) is 53.1 Å². The largest absolute Gasteiger partial charge is 0.446 e. The van der Waals surface area contributed by atoms with Crippen LogP contribution in [0.3, 0.4) is 0 Å². The predicted octanol–water partition coefficient (Wildman–Crippen LogP) is 6.31. The van der Waals surface area contributed by atoms with Crippen molar-refractivity contribution in [1.82, 2.24) is 4.90 Å². The number of carbonyl (C=O) groups is 2. The minimum Gasteiger partial charge on any atom is -0.446 e. The minimum absolute atomic E-state index is 0.0207. The summed E-state index contributed by atoms with van der Waals surface area (Å²) < 4.78 is 5.56. The molecule has 0 bridgehead atoms. The summed E-state index contributed by atoms with van der Waals surface area (Å²) >= 11 is 0. The van der Waals surface area contributed by atoms with E-state index in [-0.39, 0.29) is 30.1 Å². The van der Waals surface area contributed by atoms with Crippen molar-refractivity contribution in [1.29, 1.82) is 0 Å². The highest BCUT2D eigenvalue weighted by Crippen LogP contribution is 2.46. The molecule has 188 valence electrons. The van der Waals surface area contributed by atoms with Gasteiger partial charge in [-0.2, -0.15) is 0 Å². The lowest BCUT2D eigenvalue weighted by molar-refractivity contribution is -0.117. The Morgan fingerprint density at radius 3 is 2.44 bits per heavy atom. The van der Waals surface area contributed by atoms with E-state index in [9.17, 15) is 9.59 Å². The molecule has 0 aromatic heterocycles. The number of hydrogen-bond acceptors (Lipinski definition) is 4. The summed E-state index contributed by atoms with van der Waals surface area (Å²) in [7, 11) is 0. The van der Waals surface area contributed by atoms with E-state index in [1.807, 2.05) is 26.8 Å². The fraction of sp³-hybridized carbons (Fsp3) is 0.643. The monoisotopic (exact) mass is 469 g/mol. The van der Waals surface area contributed by atoms with Crippen LogP contribution in [0.25, 0.3) is 0 Å². The molecule has 0 spiro atoms. The quantitative estimate of drug-likeness (QED) is 0.439. The molecule has 1 aromatic carbocycles. The number of anilines is 2. The molecule has 2 aliphatic heterocycles. The van der Waals surface area contributed by atoms with Gasteiger partial charge >= 0.3 is 6.09 Å². The van der Waals surface area contributed by atoms with E-state index in [1.165, 1.54) is 36.9 Å². The van der Waals surface area contributed by atoms with Gasteiger partial charge < -0.3 is 14.5 Å². The van der Waals surface area contributed by atoms with E-state index in [4.69, 9.17) is 4.74 Å². The summed E-state index contributed by atoms with van der Waals surface area (Å²) in [6, 6.07) is 6.43. The van der Waals surface area contributed by atoms with E-state index in [1.54, 1.807) is 16.7 Å². The number of hydrogen-bond donors (Lipinski definition) is 0. The molecular formula is C28H43N3O3. The van der Waals surface area contributed by atoms with Crippen LogP contribution in [0.1, 0.15) is 85.6 Å². The maximum Gasteiger partial charge on any atom is 0.414 e. The molecule has 3 rings (SSSR count). The Labute approximate surface area is 205 Å². The van der Waals surface area contributed by atoms with E-state index >= 15 is 0 Å².